The predicted molar refractivity (Wildman–Crippen MR) is 82.5 cm³/mol. The molecule has 5 nitrogen and oxygen atoms in total. The molecule has 0 aliphatic rings. The van der Waals surface area contributed by atoms with Crippen LogP contribution in [0.5, 0.6) is 0 Å². The number of carbonyl (C=O) groups is 1. The number of hydrogen-bond donors (Lipinski definition) is 2. The molecule has 0 aliphatic carbocycles. The highest BCUT2D eigenvalue weighted by Gasteiger charge is 2.20. The van der Waals surface area contributed by atoms with Gasteiger partial charge in [-0.3, -0.25) is 4.57 Å². The van der Waals surface area contributed by atoms with Crippen molar-refractivity contribution in [3.8, 4) is 0 Å². The van der Waals surface area contributed by atoms with Gasteiger partial charge in [-0.1, -0.05) is 45.4 Å². The Morgan fingerprint density at radius 1 is 1.25 bits per heavy atom. The van der Waals surface area contributed by atoms with Crippen molar-refractivity contribution < 1.29 is 19.0 Å². The summed E-state index contributed by atoms with van der Waals surface area (Å²) in [7, 11) is 0. The van der Waals surface area contributed by atoms with E-state index in [1.54, 1.807) is 6.92 Å². The summed E-state index contributed by atoms with van der Waals surface area (Å²) in [4.78, 5) is 20.3. The maximum Gasteiger partial charge on any atom is 0.407 e. The Morgan fingerprint density at radius 3 is 2.35 bits per heavy atom. The highest BCUT2D eigenvalue weighted by molar-refractivity contribution is 7.84. The molecule has 1 unspecified atom stereocenters. The lowest BCUT2D eigenvalue weighted by atomic mass is 10.1. The second-order valence-corrected chi connectivity index (χ2v) is 8.25. The van der Waals surface area contributed by atoms with Gasteiger partial charge in [0, 0.05) is 6.54 Å². The van der Waals surface area contributed by atoms with E-state index in [4.69, 9.17) is 20.9 Å². The Bertz CT molecular complexity index is 309. The number of alkyl carbamates (subject to hydrolysis) is 1. The molecule has 120 valence electrons. The van der Waals surface area contributed by atoms with E-state index in [0.29, 0.717) is 6.54 Å². The molecule has 0 rings (SSSR count). The van der Waals surface area contributed by atoms with Crippen LogP contribution in [0.2, 0.25) is 0 Å². The maximum atomic E-state index is 11.4. The molecule has 2 N–H and O–H groups in total. The van der Waals surface area contributed by atoms with Crippen molar-refractivity contribution in [2.24, 2.45) is 0 Å². The average Bonchev–Trinajstić information content (AvgIpc) is 2.30. The fraction of sp³-hybridized carbons (Fsp3) is 0.923. The monoisotopic (exact) mass is 327 g/mol. The zero-order chi connectivity index (χ0) is 15.4. The third-order valence-corrected chi connectivity index (χ3v) is 4.22. The van der Waals surface area contributed by atoms with E-state index in [1.807, 2.05) is 0 Å². The number of unbranched alkanes of at least 4 members (excludes halogenated alkanes) is 6. The topological polar surface area (TPSA) is 75.6 Å². The first kappa shape index (κ1) is 19.8. The van der Waals surface area contributed by atoms with E-state index in [2.05, 4.69) is 12.2 Å². The molecular formula is C13H27ClNO4P. The van der Waals surface area contributed by atoms with Crippen molar-refractivity contribution in [1.29, 1.82) is 0 Å². The summed E-state index contributed by atoms with van der Waals surface area (Å²) in [5.74, 6) is 0. The standard InChI is InChI=1S/C13H27ClNO4P/c1-3-4-5-6-7-8-9-10-15-13(16)19-12(2)11-20(14,17)18/h12H,3-11H2,1-2H3,(H,15,16)(H,17,18)/t12-/m1/s1. The van der Waals surface area contributed by atoms with Gasteiger partial charge in [0.15, 0.2) is 0 Å². The minimum absolute atomic E-state index is 0.237. The third kappa shape index (κ3) is 14.2. The Hall–Kier alpha value is -0.250. The van der Waals surface area contributed by atoms with Gasteiger partial charge in [0.2, 0.25) is 0 Å². The van der Waals surface area contributed by atoms with Crippen LogP contribution in [-0.2, 0) is 9.30 Å². The van der Waals surface area contributed by atoms with Crippen molar-refractivity contribution in [2.75, 3.05) is 12.7 Å². The zero-order valence-corrected chi connectivity index (χ0v) is 14.1. The molecule has 0 radical (unpaired) electrons. The highest BCUT2D eigenvalue weighted by Crippen LogP contribution is 2.46. The number of carbonyl (C=O) groups excluding carboxylic acids is 1. The Labute approximate surface area is 126 Å². The van der Waals surface area contributed by atoms with Gasteiger partial charge in [-0.05, 0) is 24.6 Å². The van der Waals surface area contributed by atoms with Crippen molar-refractivity contribution in [1.82, 2.24) is 5.32 Å². The molecule has 0 aliphatic heterocycles. The van der Waals surface area contributed by atoms with Crippen LogP contribution in [0.1, 0.15) is 58.8 Å². The Balaban J connectivity index is 3.47. The molecule has 7 heteroatoms. The summed E-state index contributed by atoms with van der Waals surface area (Å²) in [6.07, 6.45) is 6.79. The molecule has 2 atom stereocenters. The summed E-state index contributed by atoms with van der Waals surface area (Å²) in [6.45, 7) is 0.637. The lowest BCUT2D eigenvalue weighted by Crippen LogP contribution is -2.29. The van der Waals surface area contributed by atoms with Gasteiger partial charge in [0.25, 0.3) is 6.72 Å². The summed E-state index contributed by atoms with van der Waals surface area (Å²) in [5.41, 5.74) is 0. The molecule has 0 bridgehead atoms. The maximum absolute atomic E-state index is 11.4. The van der Waals surface area contributed by atoms with Crippen LogP contribution < -0.4 is 5.32 Å². The van der Waals surface area contributed by atoms with Crippen molar-refractivity contribution in [3.05, 3.63) is 0 Å². The van der Waals surface area contributed by atoms with Gasteiger partial charge in [-0.25, -0.2) is 4.79 Å². The fourth-order valence-corrected chi connectivity index (χ4v) is 3.14. The van der Waals surface area contributed by atoms with Gasteiger partial charge >= 0.3 is 6.09 Å². The van der Waals surface area contributed by atoms with Crippen LogP contribution in [-0.4, -0.2) is 29.8 Å². The molecule has 0 fully saturated rings. The second kappa shape index (κ2) is 11.4. The molecule has 0 saturated carbocycles. The average molecular weight is 328 g/mol. The molecule has 0 saturated heterocycles. The van der Waals surface area contributed by atoms with Crippen LogP contribution in [0.25, 0.3) is 0 Å². The molecule has 0 spiro atoms. The normalized spacial score (nSPS) is 15.4. The Morgan fingerprint density at radius 2 is 1.80 bits per heavy atom. The van der Waals surface area contributed by atoms with Crippen molar-refractivity contribution in [3.63, 3.8) is 0 Å². The van der Waals surface area contributed by atoms with Crippen molar-refractivity contribution in [2.45, 2.75) is 64.9 Å². The van der Waals surface area contributed by atoms with Crippen LogP contribution in [0.15, 0.2) is 0 Å². The van der Waals surface area contributed by atoms with Crippen LogP contribution in [0.3, 0.4) is 0 Å². The van der Waals surface area contributed by atoms with E-state index in [9.17, 15) is 9.36 Å². The summed E-state index contributed by atoms with van der Waals surface area (Å²) in [5, 5.41) is 2.63. The first-order valence-corrected chi connectivity index (χ1v) is 10.1. The lowest BCUT2D eigenvalue weighted by molar-refractivity contribution is 0.116. The first-order chi connectivity index (χ1) is 9.35. The van der Waals surface area contributed by atoms with Gasteiger partial charge in [0.1, 0.15) is 6.10 Å². The van der Waals surface area contributed by atoms with Gasteiger partial charge < -0.3 is 14.9 Å². The predicted octanol–water partition coefficient (Wildman–Crippen LogP) is 4.28. The molecule has 20 heavy (non-hydrogen) atoms. The van der Waals surface area contributed by atoms with E-state index in [1.165, 1.54) is 32.1 Å². The van der Waals surface area contributed by atoms with E-state index in [-0.39, 0.29) is 6.16 Å². The van der Waals surface area contributed by atoms with E-state index >= 15 is 0 Å². The number of ether oxygens (including phenoxy) is 1. The molecule has 0 aromatic heterocycles. The number of halogens is 1. The Kier molecular flexibility index (Phi) is 11.3. The summed E-state index contributed by atoms with van der Waals surface area (Å²) < 4.78 is 15.8. The summed E-state index contributed by atoms with van der Waals surface area (Å²) >= 11 is 5.21. The minimum atomic E-state index is -3.66. The minimum Gasteiger partial charge on any atom is -0.446 e. The largest absolute Gasteiger partial charge is 0.446 e. The number of nitrogens with one attached hydrogen (secondary N) is 1. The first-order valence-electron chi connectivity index (χ1n) is 7.31. The lowest BCUT2D eigenvalue weighted by Gasteiger charge is -2.14. The number of hydrogen-bond acceptors (Lipinski definition) is 3. The second-order valence-electron chi connectivity index (χ2n) is 5.06. The van der Waals surface area contributed by atoms with E-state index in [0.717, 1.165) is 12.8 Å². The fourth-order valence-electron chi connectivity index (χ4n) is 1.85. The van der Waals surface area contributed by atoms with E-state index < -0.39 is 18.9 Å². The van der Waals surface area contributed by atoms with Gasteiger partial charge in [0.05, 0.1) is 6.16 Å². The SMILES string of the molecule is CCCCCCCCCNC(=O)O[C@H](C)CP(=O)(O)Cl. The molecular weight excluding hydrogens is 301 g/mol. The molecule has 0 aromatic rings. The third-order valence-electron chi connectivity index (χ3n) is 2.84. The van der Waals surface area contributed by atoms with Gasteiger partial charge in [-0.2, -0.15) is 0 Å². The summed E-state index contributed by atoms with van der Waals surface area (Å²) in [6, 6.07) is 0. The highest BCUT2D eigenvalue weighted by atomic mass is 35.7. The van der Waals surface area contributed by atoms with Crippen LogP contribution >= 0.6 is 18.0 Å². The molecule has 0 aromatic carbocycles. The van der Waals surface area contributed by atoms with Crippen LogP contribution in [0, 0.1) is 0 Å². The number of rotatable bonds is 11. The quantitative estimate of drug-likeness (QED) is 0.439. The molecule has 0 heterocycles. The molecule has 1 amide bonds. The van der Waals surface area contributed by atoms with Gasteiger partial charge in [-0.15, -0.1) is 0 Å². The number of amides is 1. The van der Waals surface area contributed by atoms with Crippen LogP contribution in [0.4, 0.5) is 4.79 Å². The zero-order valence-electron chi connectivity index (χ0n) is 12.4. The smallest absolute Gasteiger partial charge is 0.407 e. The van der Waals surface area contributed by atoms with Crippen molar-refractivity contribution >= 4 is 24.1 Å².